The summed E-state index contributed by atoms with van der Waals surface area (Å²) in [7, 11) is 1.23. The molecule has 15 heavy (non-hydrogen) atoms. The lowest BCUT2D eigenvalue weighted by Gasteiger charge is -2.08. The van der Waals surface area contributed by atoms with Crippen LogP contribution in [0, 0.1) is 0 Å². The minimum atomic E-state index is -0.978. The fourth-order valence-corrected chi connectivity index (χ4v) is 0.989. The van der Waals surface area contributed by atoms with E-state index in [1.807, 2.05) is 0 Å². The Balaban J connectivity index is 2.85. The Morgan fingerprint density at radius 3 is 2.60 bits per heavy atom. The molecule has 0 aliphatic rings. The normalized spacial score (nSPS) is 9.20. The molecule has 0 saturated heterocycles. The van der Waals surface area contributed by atoms with Crippen LogP contribution in [-0.2, 0) is 4.74 Å². The van der Waals surface area contributed by atoms with E-state index in [1.54, 1.807) is 18.2 Å². The van der Waals surface area contributed by atoms with Crippen LogP contribution in [0.3, 0.4) is 0 Å². The van der Waals surface area contributed by atoms with E-state index in [1.165, 1.54) is 13.2 Å². The molecule has 1 amide bonds. The quantitative estimate of drug-likeness (QED) is 0.792. The maximum atomic E-state index is 10.9. The number of nitrogens with one attached hydrogen (secondary N) is 1. The number of anilines is 1. The van der Waals surface area contributed by atoms with Crippen molar-refractivity contribution < 1.29 is 19.1 Å². The number of hydrogen-bond acceptors (Lipinski definition) is 4. The van der Waals surface area contributed by atoms with Crippen molar-refractivity contribution in [3.05, 3.63) is 24.3 Å². The molecular weight excluding hydrogens is 222 g/mol. The first-order valence-electron chi connectivity index (χ1n) is 3.95. The monoisotopic (exact) mass is 229 g/mol. The highest BCUT2D eigenvalue weighted by atomic mass is 35.5. The van der Waals surface area contributed by atoms with Gasteiger partial charge in [0.15, 0.2) is 5.75 Å². The second-order valence-electron chi connectivity index (χ2n) is 2.45. The number of carbonyl (C=O) groups is 2. The number of rotatable bonds is 2. The first-order chi connectivity index (χ1) is 7.13. The van der Waals surface area contributed by atoms with Crippen LogP contribution < -0.4 is 10.1 Å². The van der Waals surface area contributed by atoms with E-state index < -0.39 is 11.5 Å². The SMILES string of the molecule is COC(=O)Nc1ccccc1OC(=O)Cl. The van der Waals surface area contributed by atoms with E-state index in [4.69, 9.17) is 11.6 Å². The molecule has 0 aliphatic heterocycles. The number of amides is 1. The number of benzene rings is 1. The summed E-state index contributed by atoms with van der Waals surface area (Å²) in [6, 6.07) is 6.34. The summed E-state index contributed by atoms with van der Waals surface area (Å²) in [5.41, 5.74) is -0.674. The minimum absolute atomic E-state index is 0.155. The number of methoxy groups -OCH3 is 1. The smallest absolute Gasteiger partial charge is 0.411 e. The van der Waals surface area contributed by atoms with Crippen LogP contribution in [0.2, 0.25) is 0 Å². The third-order valence-electron chi connectivity index (χ3n) is 1.50. The van der Waals surface area contributed by atoms with Gasteiger partial charge in [-0.3, -0.25) is 5.32 Å². The molecule has 80 valence electrons. The van der Waals surface area contributed by atoms with Crippen molar-refractivity contribution in [2.45, 2.75) is 0 Å². The van der Waals surface area contributed by atoms with Crippen LogP contribution in [-0.4, -0.2) is 18.6 Å². The fraction of sp³-hybridized carbons (Fsp3) is 0.111. The van der Waals surface area contributed by atoms with Crippen molar-refractivity contribution in [2.75, 3.05) is 12.4 Å². The average molecular weight is 230 g/mol. The van der Waals surface area contributed by atoms with Gasteiger partial charge in [-0.05, 0) is 12.1 Å². The highest BCUT2D eigenvalue weighted by molar-refractivity contribution is 6.61. The van der Waals surface area contributed by atoms with Gasteiger partial charge >= 0.3 is 11.5 Å². The third kappa shape index (κ3) is 3.47. The highest BCUT2D eigenvalue weighted by Crippen LogP contribution is 2.24. The standard InChI is InChI=1S/C9H8ClNO4/c1-14-9(13)11-6-4-2-3-5-7(6)15-8(10)12/h2-5H,1H3,(H,11,13). The molecule has 0 heterocycles. The van der Waals surface area contributed by atoms with Crippen LogP contribution >= 0.6 is 11.6 Å². The molecule has 0 saturated carbocycles. The molecule has 0 aromatic heterocycles. The lowest BCUT2D eigenvalue weighted by molar-refractivity contribution is 0.186. The van der Waals surface area contributed by atoms with Crippen molar-refractivity contribution in [2.24, 2.45) is 0 Å². The number of halogens is 1. The van der Waals surface area contributed by atoms with Crippen molar-refractivity contribution in [1.29, 1.82) is 0 Å². The Bertz CT molecular complexity index is 380. The van der Waals surface area contributed by atoms with Gasteiger partial charge in [-0.1, -0.05) is 12.1 Å². The second-order valence-corrected chi connectivity index (χ2v) is 2.76. The van der Waals surface area contributed by atoms with Gasteiger partial charge < -0.3 is 9.47 Å². The zero-order valence-electron chi connectivity index (χ0n) is 7.82. The Morgan fingerprint density at radius 1 is 1.33 bits per heavy atom. The summed E-state index contributed by atoms with van der Waals surface area (Å²) < 4.78 is 9.04. The molecule has 0 unspecified atom stereocenters. The first-order valence-corrected chi connectivity index (χ1v) is 4.32. The molecule has 0 aliphatic carbocycles. The highest BCUT2D eigenvalue weighted by Gasteiger charge is 2.09. The number of carbonyl (C=O) groups excluding carboxylic acids is 2. The average Bonchev–Trinajstić information content (AvgIpc) is 2.20. The minimum Gasteiger partial charge on any atom is -0.453 e. The molecule has 1 aromatic carbocycles. The van der Waals surface area contributed by atoms with Gasteiger partial charge in [0.25, 0.3) is 0 Å². The van der Waals surface area contributed by atoms with Gasteiger partial charge in [-0.25, -0.2) is 9.59 Å². The Hall–Kier alpha value is -1.75. The molecule has 0 bridgehead atoms. The van der Waals surface area contributed by atoms with Gasteiger partial charge in [0.2, 0.25) is 0 Å². The van der Waals surface area contributed by atoms with Gasteiger partial charge in [-0.15, -0.1) is 0 Å². The first kappa shape index (κ1) is 11.3. The molecular formula is C9H8ClNO4. The van der Waals surface area contributed by atoms with Gasteiger partial charge in [-0.2, -0.15) is 0 Å². The van der Waals surface area contributed by atoms with Gasteiger partial charge in [0, 0.05) is 11.6 Å². The number of para-hydroxylation sites is 2. The number of ether oxygens (including phenoxy) is 2. The van der Waals surface area contributed by atoms with Crippen molar-refractivity contribution in [3.8, 4) is 5.75 Å². The lowest BCUT2D eigenvalue weighted by Crippen LogP contribution is -2.12. The molecule has 0 spiro atoms. The molecule has 1 N–H and O–H groups in total. The zero-order valence-corrected chi connectivity index (χ0v) is 8.58. The lowest BCUT2D eigenvalue weighted by atomic mass is 10.3. The molecule has 0 fully saturated rings. The zero-order chi connectivity index (χ0) is 11.3. The van der Waals surface area contributed by atoms with Crippen LogP contribution in [0.5, 0.6) is 5.75 Å². The van der Waals surface area contributed by atoms with Crippen molar-refractivity contribution in [3.63, 3.8) is 0 Å². The van der Waals surface area contributed by atoms with Crippen molar-refractivity contribution in [1.82, 2.24) is 0 Å². The van der Waals surface area contributed by atoms with E-state index >= 15 is 0 Å². The Morgan fingerprint density at radius 2 is 2.00 bits per heavy atom. The van der Waals surface area contributed by atoms with E-state index in [0.29, 0.717) is 5.69 Å². The molecule has 1 rings (SSSR count). The largest absolute Gasteiger partial charge is 0.453 e. The molecule has 1 aromatic rings. The molecule has 0 radical (unpaired) electrons. The van der Waals surface area contributed by atoms with Crippen LogP contribution in [0.1, 0.15) is 0 Å². The summed E-state index contributed by atoms with van der Waals surface area (Å²) >= 11 is 5.05. The summed E-state index contributed by atoms with van der Waals surface area (Å²) in [5, 5.41) is 2.37. The summed E-state index contributed by atoms with van der Waals surface area (Å²) in [5.74, 6) is 0.155. The fourth-order valence-electron chi connectivity index (χ4n) is 0.906. The maximum absolute atomic E-state index is 10.9. The summed E-state index contributed by atoms with van der Waals surface area (Å²) in [6.45, 7) is 0. The van der Waals surface area contributed by atoms with E-state index in [9.17, 15) is 9.59 Å². The Kier molecular flexibility index (Phi) is 3.93. The molecule has 6 heteroatoms. The second kappa shape index (κ2) is 5.21. The van der Waals surface area contributed by atoms with Crippen LogP contribution in [0.4, 0.5) is 15.3 Å². The van der Waals surface area contributed by atoms with E-state index in [2.05, 4.69) is 14.8 Å². The maximum Gasteiger partial charge on any atom is 0.411 e. The summed E-state index contributed by atoms with van der Waals surface area (Å²) in [6.07, 6.45) is -0.659. The van der Waals surface area contributed by atoms with Gasteiger partial charge in [0.05, 0.1) is 12.8 Å². The predicted octanol–water partition coefficient (Wildman–Crippen LogP) is 2.60. The molecule has 0 atom stereocenters. The van der Waals surface area contributed by atoms with Crippen molar-refractivity contribution >= 4 is 28.8 Å². The van der Waals surface area contributed by atoms with Crippen LogP contribution in [0.15, 0.2) is 24.3 Å². The molecule has 5 nitrogen and oxygen atoms in total. The summed E-state index contributed by atoms with van der Waals surface area (Å²) in [4.78, 5) is 21.4. The predicted molar refractivity (Wildman–Crippen MR) is 54.3 cm³/mol. The Labute approximate surface area is 90.9 Å². The van der Waals surface area contributed by atoms with E-state index in [0.717, 1.165) is 0 Å². The third-order valence-corrected chi connectivity index (χ3v) is 1.58. The van der Waals surface area contributed by atoms with Gasteiger partial charge in [0.1, 0.15) is 0 Å². The topological polar surface area (TPSA) is 64.6 Å². The van der Waals surface area contributed by atoms with E-state index in [-0.39, 0.29) is 5.75 Å². The number of hydrogen-bond donors (Lipinski definition) is 1. The van der Waals surface area contributed by atoms with Crippen LogP contribution in [0.25, 0.3) is 0 Å².